The minimum atomic E-state index is -0.909. The van der Waals surface area contributed by atoms with Gasteiger partial charge in [-0.3, -0.25) is 4.79 Å². The lowest BCUT2D eigenvalue weighted by Crippen LogP contribution is -2.49. The van der Waals surface area contributed by atoms with Gasteiger partial charge >= 0.3 is 0 Å². The third-order valence-electron chi connectivity index (χ3n) is 4.87. The van der Waals surface area contributed by atoms with Gasteiger partial charge in [0.2, 0.25) is 0 Å². The first kappa shape index (κ1) is 16.5. The molecule has 1 fully saturated rings. The van der Waals surface area contributed by atoms with E-state index in [0.29, 0.717) is 13.1 Å². The number of carbonyl (C=O) groups excluding carboxylic acids is 1. The van der Waals surface area contributed by atoms with E-state index in [4.69, 9.17) is 4.98 Å². The summed E-state index contributed by atoms with van der Waals surface area (Å²) in [5, 5.41) is 1.13. The van der Waals surface area contributed by atoms with Crippen LogP contribution in [0.2, 0.25) is 0 Å². The molecule has 26 heavy (non-hydrogen) atoms. The van der Waals surface area contributed by atoms with Crippen molar-refractivity contribution in [3.05, 3.63) is 60.7 Å². The Kier molecular flexibility index (Phi) is 4.52. The standard InChI is InChI=1S/C21H20FN3O/c22-15-21(26)25-13-11-24(12-14-25)18-8-5-17(6-9-18)20-10-7-16-3-1-2-4-19(16)23-20/h1-10H,11-15H2. The molecule has 0 saturated carbocycles. The second-order valence-corrected chi connectivity index (χ2v) is 6.44. The number of rotatable bonds is 3. The summed E-state index contributed by atoms with van der Waals surface area (Å²) in [4.78, 5) is 20.0. The summed E-state index contributed by atoms with van der Waals surface area (Å²) in [6.45, 7) is 1.67. The molecular weight excluding hydrogens is 329 g/mol. The quantitative estimate of drug-likeness (QED) is 0.726. The lowest BCUT2D eigenvalue weighted by molar-refractivity contribution is -0.132. The average molecular weight is 349 g/mol. The summed E-state index contributed by atoms with van der Waals surface area (Å²) in [5.41, 5.74) is 4.13. The molecule has 4 nitrogen and oxygen atoms in total. The fourth-order valence-corrected chi connectivity index (χ4v) is 3.37. The number of fused-ring (bicyclic) bond motifs is 1. The molecule has 1 saturated heterocycles. The molecule has 2 heterocycles. The Morgan fingerprint density at radius 1 is 0.923 bits per heavy atom. The van der Waals surface area contributed by atoms with Crippen LogP contribution in [0.4, 0.5) is 10.1 Å². The number of benzene rings is 2. The van der Waals surface area contributed by atoms with Crippen LogP contribution in [0.1, 0.15) is 0 Å². The van der Waals surface area contributed by atoms with Crippen LogP contribution >= 0.6 is 0 Å². The topological polar surface area (TPSA) is 36.4 Å². The number of halogens is 1. The van der Waals surface area contributed by atoms with Gasteiger partial charge in [-0.15, -0.1) is 0 Å². The van der Waals surface area contributed by atoms with Crippen molar-refractivity contribution in [3.8, 4) is 11.3 Å². The van der Waals surface area contributed by atoms with Gasteiger partial charge in [-0.25, -0.2) is 9.37 Å². The second-order valence-electron chi connectivity index (χ2n) is 6.44. The summed E-state index contributed by atoms with van der Waals surface area (Å²) >= 11 is 0. The molecular formula is C21H20FN3O. The molecule has 1 aliphatic heterocycles. The molecule has 3 aromatic rings. The van der Waals surface area contributed by atoms with E-state index in [0.717, 1.165) is 40.9 Å². The number of anilines is 1. The van der Waals surface area contributed by atoms with E-state index in [-0.39, 0.29) is 0 Å². The monoisotopic (exact) mass is 349 g/mol. The number of carbonyl (C=O) groups is 1. The van der Waals surface area contributed by atoms with Gasteiger partial charge < -0.3 is 9.80 Å². The predicted molar refractivity (Wildman–Crippen MR) is 102 cm³/mol. The van der Waals surface area contributed by atoms with Crippen LogP contribution in [0.25, 0.3) is 22.2 Å². The predicted octanol–water partition coefficient (Wildman–Crippen LogP) is 3.52. The number of nitrogens with zero attached hydrogens (tertiary/aromatic N) is 3. The highest BCUT2D eigenvalue weighted by molar-refractivity contribution is 5.81. The van der Waals surface area contributed by atoms with Gasteiger partial charge in [0.05, 0.1) is 11.2 Å². The highest BCUT2D eigenvalue weighted by atomic mass is 19.1. The van der Waals surface area contributed by atoms with Crippen molar-refractivity contribution < 1.29 is 9.18 Å². The fraction of sp³-hybridized carbons (Fsp3) is 0.238. The Morgan fingerprint density at radius 3 is 2.38 bits per heavy atom. The van der Waals surface area contributed by atoms with E-state index < -0.39 is 12.6 Å². The zero-order valence-electron chi connectivity index (χ0n) is 14.4. The van der Waals surface area contributed by atoms with Crippen LogP contribution in [0, 0.1) is 0 Å². The smallest absolute Gasteiger partial charge is 0.254 e. The van der Waals surface area contributed by atoms with Crippen LogP contribution in [0.15, 0.2) is 60.7 Å². The van der Waals surface area contributed by atoms with Crippen LogP contribution in [0.3, 0.4) is 0 Å². The van der Waals surface area contributed by atoms with Gasteiger partial charge in [0, 0.05) is 42.8 Å². The first-order valence-corrected chi connectivity index (χ1v) is 8.79. The number of para-hydroxylation sites is 1. The molecule has 0 bridgehead atoms. The van der Waals surface area contributed by atoms with Crippen molar-refractivity contribution >= 4 is 22.5 Å². The van der Waals surface area contributed by atoms with E-state index in [1.165, 1.54) is 0 Å². The third kappa shape index (κ3) is 3.25. The van der Waals surface area contributed by atoms with E-state index in [2.05, 4.69) is 41.3 Å². The molecule has 1 aliphatic rings. The normalized spacial score (nSPS) is 14.7. The molecule has 0 atom stereocenters. The minimum Gasteiger partial charge on any atom is -0.368 e. The average Bonchev–Trinajstić information content (AvgIpc) is 2.73. The summed E-state index contributed by atoms with van der Waals surface area (Å²) in [5.74, 6) is -0.414. The largest absolute Gasteiger partial charge is 0.368 e. The zero-order chi connectivity index (χ0) is 17.9. The van der Waals surface area contributed by atoms with E-state index >= 15 is 0 Å². The number of amides is 1. The fourth-order valence-electron chi connectivity index (χ4n) is 3.37. The molecule has 0 unspecified atom stereocenters. The Bertz CT molecular complexity index is 918. The maximum atomic E-state index is 12.5. The van der Waals surface area contributed by atoms with Gasteiger partial charge in [0.1, 0.15) is 0 Å². The minimum absolute atomic E-state index is 0.414. The number of hydrogen-bond acceptors (Lipinski definition) is 3. The summed E-state index contributed by atoms with van der Waals surface area (Å²) in [6, 6.07) is 20.5. The Hall–Kier alpha value is -2.95. The van der Waals surface area contributed by atoms with Crippen molar-refractivity contribution in [2.24, 2.45) is 0 Å². The zero-order valence-corrected chi connectivity index (χ0v) is 14.4. The Morgan fingerprint density at radius 2 is 1.65 bits per heavy atom. The maximum Gasteiger partial charge on any atom is 0.254 e. The van der Waals surface area contributed by atoms with Gasteiger partial charge in [-0.05, 0) is 24.3 Å². The van der Waals surface area contributed by atoms with E-state index in [1.807, 2.05) is 24.3 Å². The molecule has 0 N–H and O–H groups in total. The van der Waals surface area contributed by atoms with Crippen LogP contribution in [-0.2, 0) is 4.79 Å². The van der Waals surface area contributed by atoms with Gasteiger partial charge in [0.25, 0.3) is 5.91 Å². The maximum absolute atomic E-state index is 12.5. The van der Waals surface area contributed by atoms with E-state index in [1.54, 1.807) is 4.90 Å². The Balaban J connectivity index is 1.49. The van der Waals surface area contributed by atoms with Crippen LogP contribution < -0.4 is 4.90 Å². The molecule has 5 heteroatoms. The molecule has 132 valence electrons. The van der Waals surface area contributed by atoms with Crippen LogP contribution in [0.5, 0.6) is 0 Å². The second kappa shape index (κ2) is 7.12. The molecule has 0 radical (unpaired) electrons. The molecule has 1 aromatic heterocycles. The SMILES string of the molecule is O=C(CF)N1CCN(c2ccc(-c3ccc4ccccc4n3)cc2)CC1. The number of hydrogen-bond donors (Lipinski definition) is 0. The number of piperazine rings is 1. The Labute approximate surface area is 151 Å². The number of pyridine rings is 1. The van der Waals surface area contributed by atoms with Crippen molar-refractivity contribution in [1.29, 1.82) is 0 Å². The van der Waals surface area contributed by atoms with Crippen molar-refractivity contribution in [3.63, 3.8) is 0 Å². The highest BCUT2D eigenvalue weighted by Crippen LogP contribution is 2.24. The third-order valence-corrected chi connectivity index (χ3v) is 4.87. The number of alkyl halides is 1. The van der Waals surface area contributed by atoms with E-state index in [9.17, 15) is 9.18 Å². The molecule has 4 rings (SSSR count). The molecule has 2 aromatic carbocycles. The van der Waals surface area contributed by atoms with Gasteiger partial charge in [-0.2, -0.15) is 0 Å². The van der Waals surface area contributed by atoms with Crippen LogP contribution in [-0.4, -0.2) is 48.6 Å². The molecule has 0 spiro atoms. The highest BCUT2D eigenvalue weighted by Gasteiger charge is 2.20. The van der Waals surface area contributed by atoms with Crippen molar-refractivity contribution in [2.45, 2.75) is 0 Å². The van der Waals surface area contributed by atoms with Gasteiger partial charge in [-0.1, -0.05) is 36.4 Å². The lowest BCUT2D eigenvalue weighted by Gasteiger charge is -2.35. The summed E-state index contributed by atoms with van der Waals surface area (Å²) in [7, 11) is 0. The first-order valence-electron chi connectivity index (χ1n) is 8.79. The summed E-state index contributed by atoms with van der Waals surface area (Å²) < 4.78 is 12.5. The number of aromatic nitrogens is 1. The first-order chi connectivity index (χ1) is 12.7. The summed E-state index contributed by atoms with van der Waals surface area (Å²) in [6.07, 6.45) is 0. The molecule has 1 amide bonds. The van der Waals surface area contributed by atoms with Crippen molar-refractivity contribution in [2.75, 3.05) is 37.8 Å². The molecule has 0 aliphatic carbocycles. The lowest BCUT2D eigenvalue weighted by atomic mass is 10.1. The van der Waals surface area contributed by atoms with Gasteiger partial charge in [0.15, 0.2) is 6.67 Å². The van der Waals surface area contributed by atoms with Crippen molar-refractivity contribution in [1.82, 2.24) is 9.88 Å².